The molecule has 0 unspecified atom stereocenters. The van der Waals surface area contributed by atoms with Crippen LogP contribution in [0.1, 0.15) is 18.1 Å². The van der Waals surface area contributed by atoms with Gasteiger partial charge in [-0.3, -0.25) is 9.59 Å². The molecule has 0 aliphatic rings. The number of aliphatic hydroxyl groups excluding tert-OH is 1. The Kier molecular flexibility index (Phi) is 8.10. The number of hydrogen-bond donors (Lipinski definition) is 2. The molecule has 0 aromatic heterocycles. The van der Waals surface area contributed by atoms with Crippen LogP contribution in [0.5, 0.6) is 0 Å². The largest absolute Gasteiger partial charge is 0.454 e. The van der Waals surface area contributed by atoms with Crippen molar-refractivity contribution in [3.05, 3.63) is 65.7 Å². The first kappa shape index (κ1) is 23.5. The predicted molar refractivity (Wildman–Crippen MR) is 111 cm³/mol. The average molecular weight is 435 g/mol. The molecule has 0 aliphatic carbocycles. The molecule has 8 nitrogen and oxygen atoms in total. The third kappa shape index (κ3) is 6.65. The van der Waals surface area contributed by atoms with E-state index >= 15 is 0 Å². The monoisotopic (exact) mass is 434 g/mol. The van der Waals surface area contributed by atoms with E-state index in [0.29, 0.717) is 6.54 Å². The molecule has 2 rings (SSSR count). The highest BCUT2D eigenvalue weighted by molar-refractivity contribution is 7.89. The topological polar surface area (TPSA) is 113 Å². The highest BCUT2D eigenvalue weighted by atomic mass is 32.2. The van der Waals surface area contributed by atoms with E-state index in [-0.39, 0.29) is 4.90 Å². The fraction of sp³-hybridized carbons (Fsp3) is 0.333. The van der Waals surface area contributed by atoms with Crippen LogP contribution in [0.2, 0.25) is 0 Å². The standard InChI is InChI=1S/C21H26N2O6S/c1-15-9-11-18(12-10-15)30(27,28)22-20(16(2)24)21(26)29-14-19(25)23(3)13-17-7-5-4-6-8-17/h4-12,16,20,22,24H,13-14H2,1-3H3/t16-,20+/m1/s1. The van der Waals surface area contributed by atoms with Gasteiger partial charge in [-0.15, -0.1) is 0 Å². The number of likely N-dealkylation sites (N-methyl/N-ethyl adjacent to an activating group) is 1. The maximum Gasteiger partial charge on any atom is 0.327 e. The fourth-order valence-electron chi connectivity index (χ4n) is 2.57. The second kappa shape index (κ2) is 10.3. The van der Waals surface area contributed by atoms with E-state index in [1.54, 1.807) is 19.2 Å². The molecule has 0 fully saturated rings. The summed E-state index contributed by atoms with van der Waals surface area (Å²) in [4.78, 5) is 25.9. The van der Waals surface area contributed by atoms with Crippen molar-refractivity contribution < 1.29 is 27.9 Å². The number of carbonyl (C=O) groups excluding carboxylic acids is 2. The summed E-state index contributed by atoms with van der Waals surface area (Å²) in [5.41, 5.74) is 1.78. The third-order valence-corrected chi connectivity index (χ3v) is 5.83. The van der Waals surface area contributed by atoms with E-state index in [1.807, 2.05) is 37.3 Å². The smallest absolute Gasteiger partial charge is 0.327 e. The molecule has 0 radical (unpaired) electrons. The van der Waals surface area contributed by atoms with Crippen LogP contribution in [0, 0.1) is 6.92 Å². The quantitative estimate of drug-likeness (QED) is 0.574. The molecule has 0 saturated carbocycles. The van der Waals surface area contributed by atoms with E-state index in [0.717, 1.165) is 11.1 Å². The Morgan fingerprint density at radius 1 is 1.10 bits per heavy atom. The van der Waals surface area contributed by atoms with Crippen molar-refractivity contribution >= 4 is 21.9 Å². The maximum absolute atomic E-state index is 12.5. The van der Waals surface area contributed by atoms with Crippen molar-refractivity contribution in [2.45, 2.75) is 37.4 Å². The Morgan fingerprint density at radius 3 is 2.27 bits per heavy atom. The van der Waals surface area contributed by atoms with Gasteiger partial charge in [-0.1, -0.05) is 48.0 Å². The Hall–Kier alpha value is -2.75. The number of sulfonamides is 1. The van der Waals surface area contributed by atoms with Crippen LogP contribution in [0.3, 0.4) is 0 Å². The number of carbonyl (C=O) groups is 2. The van der Waals surface area contributed by atoms with Crippen LogP contribution in [-0.4, -0.2) is 56.1 Å². The molecule has 2 aromatic carbocycles. The SMILES string of the molecule is Cc1ccc(S(=O)(=O)N[C@H](C(=O)OCC(=O)N(C)Cc2ccccc2)[C@@H](C)O)cc1. The minimum absolute atomic E-state index is 0.0507. The molecular weight excluding hydrogens is 408 g/mol. The van der Waals surface area contributed by atoms with Crippen molar-refractivity contribution in [2.75, 3.05) is 13.7 Å². The number of hydrogen-bond acceptors (Lipinski definition) is 6. The molecule has 2 atom stereocenters. The Morgan fingerprint density at radius 2 is 1.70 bits per heavy atom. The van der Waals surface area contributed by atoms with Crippen molar-refractivity contribution in [3.8, 4) is 0 Å². The van der Waals surface area contributed by atoms with Gasteiger partial charge < -0.3 is 14.7 Å². The van der Waals surface area contributed by atoms with Crippen LogP contribution in [0.15, 0.2) is 59.5 Å². The molecule has 0 aliphatic heterocycles. The summed E-state index contributed by atoms with van der Waals surface area (Å²) in [6.07, 6.45) is -1.37. The molecule has 0 bridgehead atoms. The number of rotatable bonds is 9. The van der Waals surface area contributed by atoms with Crippen LogP contribution in [0.4, 0.5) is 0 Å². The van der Waals surface area contributed by atoms with Gasteiger partial charge in [0.1, 0.15) is 6.04 Å². The third-order valence-electron chi connectivity index (χ3n) is 4.38. The zero-order chi connectivity index (χ0) is 22.3. The highest BCUT2D eigenvalue weighted by Crippen LogP contribution is 2.12. The Bertz CT molecular complexity index is 959. The summed E-state index contributed by atoms with van der Waals surface area (Å²) < 4.78 is 32.1. The van der Waals surface area contributed by atoms with Crippen molar-refractivity contribution in [1.82, 2.24) is 9.62 Å². The molecule has 0 heterocycles. The lowest BCUT2D eigenvalue weighted by Gasteiger charge is -2.21. The molecule has 162 valence electrons. The molecular formula is C21H26N2O6S. The van der Waals surface area contributed by atoms with Crippen molar-refractivity contribution in [1.29, 1.82) is 0 Å². The number of amides is 1. The normalized spacial score (nSPS) is 13.3. The number of esters is 1. The lowest BCUT2D eigenvalue weighted by atomic mass is 10.2. The minimum atomic E-state index is -4.07. The second-order valence-corrected chi connectivity index (χ2v) is 8.71. The average Bonchev–Trinajstić information content (AvgIpc) is 2.70. The second-order valence-electron chi connectivity index (χ2n) is 7.00. The van der Waals surface area contributed by atoms with E-state index in [4.69, 9.17) is 4.74 Å². The lowest BCUT2D eigenvalue weighted by Crippen LogP contribution is -2.49. The summed E-state index contributed by atoms with van der Waals surface area (Å²) in [5, 5.41) is 9.88. The first-order valence-electron chi connectivity index (χ1n) is 9.32. The predicted octanol–water partition coefficient (Wildman–Crippen LogP) is 1.22. The Labute approximate surface area is 176 Å². The first-order valence-corrected chi connectivity index (χ1v) is 10.8. The van der Waals surface area contributed by atoms with Crippen LogP contribution >= 0.6 is 0 Å². The van der Waals surface area contributed by atoms with E-state index in [2.05, 4.69) is 4.72 Å². The molecule has 0 spiro atoms. The van der Waals surface area contributed by atoms with Gasteiger partial charge in [-0.05, 0) is 31.5 Å². The molecule has 0 saturated heterocycles. The number of ether oxygens (including phenoxy) is 1. The van der Waals surface area contributed by atoms with Gasteiger partial charge in [0.25, 0.3) is 5.91 Å². The lowest BCUT2D eigenvalue weighted by molar-refractivity contribution is -0.155. The van der Waals surface area contributed by atoms with Gasteiger partial charge in [0.2, 0.25) is 10.0 Å². The van der Waals surface area contributed by atoms with Gasteiger partial charge in [0, 0.05) is 13.6 Å². The highest BCUT2D eigenvalue weighted by Gasteiger charge is 2.31. The summed E-state index contributed by atoms with van der Waals surface area (Å²) in [6.45, 7) is 2.83. The molecule has 2 aromatic rings. The zero-order valence-electron chi connectivity index (χ0n) is 17.1. The van der Waals surface area contributed by atoms with Gasteiger partial charge in [0.05, 0.1) is 11.0 Å². The van der Waals surface area contributed by atoms with E-state index in [1.165, 1.54) is 24.0 Å². The van der Waals surface area contributed by atoms with Gasteiger partial charge >= 0.3 is 5.97 Å². The summed E-state index contributed by atoms with van der Waals surface area (Å²) >= 11 is 0. The van der Waals surface area contributed by atoms with E-state index in [9.17, 15) is 23.1 Å². The van der Waals surface area contributed by atoms with Crippen LogP contribution in [-0.2, 0) is 30.9 Å². The molecule has 1 amide bonds. The first-order chi connectivity index (χ1) is 14.1. The number of aliphatic hydroxyl groups is 1. The van der Waals surface area contributed by atoms with Crippen LogP contribution in [0.25, 0.3) is 0 Å². The summed E-state index contributed by atoms with van der Waals surface area (Å²) in [7, 11) is -2.50. The Balaban J connectivity index is 1.98. The molecule has 9 heteroatoms. The number of aryl methyl sites for hydroxylation is 1. The number of nitrogens with zero attached hydrogens (tertiary/aromatic N) is 1. The molecule has 2 N–H and O–H groups in total. The van der Waals surface area contributed by atoms with Crippen molar-refractivity contribution in [2.24, 2.45) is 0 Å². The zero-order valence-corrected chi connectivity index (χ0v) is 17.9. The molecule has 30 heavy (non-hydrogen) atoms. The summed E-state index contributed by atoms with van der Waals surface area (Å²) in [5.74, 6) is -1.50. The maximum atomic E-state index is 12.5. The van der Waals surface area contributed by atoms with Gasteiger partial charge in [-0.2, -0.15) is 4.72 Å². The minimum Gasteiger partial charge on any atom is -0.454 e. The number of benzene rings is 2. The summed E-state index contributed by atoms with van der Waals surface area (Å²) in [6, 6.07) is 13.7. The van der Waals surface area contributed by atoms with E-state index < -0.39 is 40.7 Å². The number of nitrogens with one attached hydrogen (secondary N) is 1. The van der Waals surface area contributed by atoms with Crippen LogP contribution < -0.4 is 4.72 Å². The van der Waals surface area contributed by atoms with Gasteiger partial charge in [0.15, 0.2) is 6.61 Å². The fourth-order valence-corrected chi connectivity index (χ4v) is 3.83. The van der Waals surface area contributed by atoms with Gasteiger partial charge in [-0.25, -0.2) is 8.42 Å². The van der Waals surface area contributed by atoms with Crippen molar-refractivity contribution in [3.63, 3.8) is 0 Å².